The number of nitrogens with zero attached hydrogens (tertiary/aromatic N) is 2. The van der Waals surface area contributed by atoms with E-state index in [0.717, 1.165) is 18.4 Å². The molecule has 0 N–H and O–H groups in total. The normalized spacial score (nSPS) is 19.2. The first-order chi connectivity index (χ1) is 7.97. The molecule has 0 unspecified atom stereocenters. The van der Waals surface area contributed by atoms with Crippen LogP contribution in [0.25, 0.3) is 0 Å². The third kappa shape index (κ3) is 3.32. The Morgan fingerprint density at radius 2 is 2.06 bits per heavy atom. The van der Waals surface area contributed by atoms with Crippen LogP contribution in [0, 0.1) is 0 Å². The quantitative estimate of drug-likeness (QED) is 0.695. The van der Waals surface area contributed by atoms with Crippen LogP contribution in [0.2, 0.25) is 0 Å². The highest BCUT2D eigenvalue weighted by atomic mass is 16.2. The summed E-state index contributed by atoms with van der Waals surface area (Å²) in [6.07, 6.45) is 1.70. The molecule has 0 bridgehead atoms. The van der Waals surface area contributed by atoms with Crippen LogP contribution in [0.4, 0.5) is 0 Å². The van der Waals surface area contributed by atoms with Crippen molar-refractivity contribution in [2.24, 2.45) is 0 Å². The van der Waals surface area contributed by atoms with E-state index in [1.165, 1.54) is 6.92 Å². The van der Waals surface area contributed by atoms with Crippen LogP contribution in [-0.2, 0) is 9.59 Å². The number of rotatable bonds is 4. The Labute approximate surface area is 103 Å². The highest BCUT2D eigenvalue weighted by Crippen LogP contribution is 2.19. The Balaban J connectivity index is 2.73. The topological polar surface area (TPSA) is 40.6 Å². The Morgan fingerprint density at radius 3 is 2.53 bits per heavy atom. The Morgan fingerprint density at radius 1 is 1.41 bits per heavy atom. The smallest absolute Gasteiger partial charge is 0.245 e. The van der Waals surface area contributed by atoms with Crippen molar-refractivity contribution in [1.82, 2.24) is 9.80 Å². The monoisotopic (exact) mass is 238 g/mol. The summed E-state index contributed by atoms with van der Waals surface area (Å²) in [5.74, 6) is 0.0513. The molecular weight excluding hydrogens is 216 g/mol. The van der Waals surface area contributed by atoms with Crippen LogP contribution in [0.3, 0.4) is 0 Å². The van der Waals surface area contributed by atoms with Crippen molar-refractivity contribution < 1.29 is 9.59 Å². The summed E-state index contributed by atoms with van der Waals surface area (Å²) < 4.78 is 0. The second-order valence-corrected chi connectivity index (χ2v) is 4.68. The maximum atomic E-state index is 12.3. The molecule has 4 heteroatoms. The minimum atomic E-state index is -0.258. The van der Waals surface area contributed by atoms with Gasteiger partial charge in [-0.3, -0.25) is 9.59 Å². The molecule has 0 spiro atoms. The van der Waals surface area contributed by atoms with Gasteiger partial charge in [0.05, 0.1) is 0 Å². The van der Waals surface area contributed by atoms with Crippen molar-refractivity contribution in [3.8, 4) is 0 Å². The van der Waals surface area contributed by atoms with Crippen molar-refractivity contribution >= 4 is 11.8 Å². The summed E-state index contributed by atoms with van der Waals surface area (Å²) in [5.41, 5.74) is 0.965. The number of hydrogen-bond donors (Lipinski definition) is 0. The van der Waals surface area contributed by atoms with E-state index in [1.54, 1.807) is 9.80 Å². The molecule has 1 atom stereocenters. The molecule has 2 amide bonds. The van der Waals surface area contributed by atoms with E-state index in [1.807, 2.05) is 13.8 Å². The van der Waals surface area contributed by atoms with Gasteiger partial charge in [-0.1, -0.05) is 12.2 Å². The second-order valence-electron chi connectivity index (χ2n) is 4.68. The molecule has 0 aromatic heterocycles. The lowest BCUT2D eigenvalue weighted by atomic mass is 10.1. The lowest BCUT2D eigenvalue weighted by Gasteiger charge is -2.29. The van der Waals surface area contributed by atoms with Gasteiger partial charge in [-0.15, -0.1) is 0 Å². The van der Waals surface area contributed by atoms with E-state index in [2.05, 4.69) is 6.58 Å². The summed E-state index contributed by atoms with van der Waals surface area (Å²) in [6, 6.07) is -0.258. The summed E-state index contributed by atoms with van der Waals surface area (Å²) in [4.78, 5) is 27.2. The molecule has 1 aliphatic rings. The van der Waals surface area contributed by atoms with Gasteiger partial charge in [0.25, 0.3) is 0 Å². The predicted molar refractivity (Wildman–Crippen MR) is 67.5 cm³/mol. The minimum Gasteiger partial charge on any atom is -0.337 e. The molecule has 0 aromatic carbocycles. The highest BCUT2D eigenvalue weighted by Gasteiger charge is 2.34. The van der Waals surface area contributed by atoms with Gasteiger partial charge in [-0.05, 0) is 26.7 Å². The molecular formula is C13H22N2O2. The van der Waals surface area contributed by atoms with Gasteiger partial charge in [0, 0.05) is 26.6 Å². The van der Waals surface area contributed by atoms with Crippen molar-refractivity contribution in [3.63, 3.8) is 0 Å². The number of hydrogen-bond acceptors (Lipinski definition) is 2. The molecule has 4 nitrogen and oxygen atoms in total. The van der Waals surface area contributed by atoms with Crippen molar-refractivity contribution in [1.29, 1.82) is 0 Å². The Bertz CT molecular complexity index is 325. The molecule has 0 aliphatic carbocycles. The zero-order valence-corrected chi connectivity index (χ0v) is 11.0. The first-order valence-corrected chi connectivity index (χ1v) is 6.17. The van der Waals surface area contributed by atoms with Gasteiger partial charge in [0.15, 0.2) is 0 Å². The average Bonchev–Trinajstić information content (AvgIpc) is 2.73. The summed E-state index contributed by atoms with van der Waals surface area (Å²) in [5, 5.41) is 0. The van der Waals surface area contributed by atoms with E-state index in [9.17, 15) is 9.59 Å². The zero-order chi connectivity index (χ0) is 13.0. The third-order valence-electron chi connectivity index (χ3n) is 3.10. The van der Waals surface area contributed by atoms with Crippen LogP contribution in [-0.4, -0.2) is 47.3 Å². The van der Waals surface area contributed by atoms with Crippen LogP contribution in [0.5, 0.6) is 0 Å². The van der Waals surface area contributed by atoms with Crippen LogP contribution in [0.1, 0.15) is 33.6 Å². The molecule has 96 valence electrons. The van der Waals surface area contributed by atoms with Crippen molar-refractivity contribution in [2.75, 3.05) is 19.6 Å². The van der Waals surface area contributed by atoms with Crippen LogP contribution < -0.4 is 0 Å². The first kappa shape index (κ1) is 13.7. The molecule has 1 heterocycles. The number of carbonyl (C=O) groups is 2. The molecule has 0 radical (unpaired) electrons. The number of amides is 2. The van der Waals surface area contributed by atoms with Crippen molar-refractivity contribution in [2.45, 2.75) is 39.7 Å². The Hall–Kier alpha value is -1.32. The van der Waals surface area contributed by atoms with Crippen LogP contribution in [0.15, 0.2) is 12.2 Å². The summed E-state index contributed by atoms with van der Waals surface area (Å²) >= 11 is 0. The maximum absolute atomic E-state index is 12.3. The number of carbonyl (C=O) groups excluding carboxylic acids is 2. The van der Waals surface area contributed by atoms with E-state index < -0.39 is 0 Å². The molecule has 1 saturated heterocycles. The summed E-state index contributed by atoms with van der Waals surface area (Å²) in [7, 11) is 0. The van der Waals surface area contributed by atoms with Gasteiger partial charge in [0.2, 0.25) is 11.8 Å². The largest absolute Gasteiger partial charge is 0.337 e. The van der Waals surface area contributed by atoms with Crippen LogP contribution >= 0.6 is 0 Å². The molecule has 1 aliphatic heterocycles. The fourth-order valence-electron chi connectivity index (χ4n) is 2.28. The van der Waals surface area contributed by atoms with Gasteiger partial charge >= 0.3 is 0 Å². The predicted octanol–water partition coefficient (Wildman–Crippen LogP) is 1.42. The van der Waals surface area contributed by atoms with Gasteiger partial charge in [0.1, 0.15) is 6.04 Å². The van der Waals surface area contributed by atoms with E-state index in [4.69, 9.17) is 0 Å². The number of likely N-dealkylation sites (N-methyl/N-ethyl adjacent to an activating group) is 1. The van der Waals surface area contributed by atoms with Gasteiger partial charge in [-0.25, -0.2) is 0 Å². The van der Waals surface area contributed by atoms with Gasteiger partial charge < -0.3 is 9.80 Å². The average molecular weight is 238 g/mol. The maximum Gasteiger partial charge on any atom is 0.245 e. The van der Waals surface area contributed by atoms with E-state index in [-0.39, 0.29) is 17.9 Å². The lowest BCUT2D eigenvalue weighted by Crippen LogP contribution is -2.47. The van der Waals surface area contributed by atoms with E-state index in [0.29, 0.717) is 19.6 Å². The SMILES string of the molecule is C=C(C)CN(CC)C(=O)[C@@H]1CCCN1C(C)=O. The standard InChI is InChI=1S/C13H22N2O2/c1-5-14(9-10(2)3)13(17)12-7-6-8-15(12)11(4)16/h12H,2,5-9H2,1,3-4H3/t12-/m0/s1. The van der Waals surface area contributed by atoms with Crippen molar-refractivity contribution in [3.05, 3.63) is 12.2 Å². The summed E-state index contributed by atoms with van der Waals surface area (Å²) in [6.45, 7) is 11.2. The highest BCUT2D eigenvalue weighted by molar-refractivity contribution is 5.87. The fraction of sp³-hybridized carbons (Fsp3) is 0.692. The molecule has 0 saturated carbocycles. The minimum absolute atomic E-state index is 0.00720. The first-order valence-electron chi connectivity index (χ1n) is 6.17. The molecule has 1 rings (SSSR count). The fourth-order valence-corrected chi connectivity index (χ4v) is 2.28. The molecule has 0 aromatic rings. The number of likely N-dealkylation sites (tertiary alicyclic amines) is 1. The second kappa shape index (κ2) is 5.84. The zero-order valence-electron chi connectivity index (χ0n) is 11.0. The lowest BCUT2D eigenvalue weighted by molar-refractivity contribution is -0.142. The van der Waals surface area contributed by atoms with Gasteiger partial charge in [-0.2, -0.15) is 0 Å². The Kier molecular flexibility index (Phi) is 4.73. The molecule has 17 heavy (non-hydrogen) atoms. The van der Waals surface area contributed by atoms with E-state index >= 15 is 0 Å². The third-order valence-corrected chi connectivity index (χ3v) is 3.10. The molecule has 1 fully saturated rings.